The number of rotatable bonds is 9. The fourth-order valence-electron chi connectivity index (χ4n) is 1.29. The number of carbonyl (C=O) groups excluding carboxylic acids is 1. The third-order valence-electron chi connectivity index (χ3n) is 2.44. The van der Waals surface area contributed by atoms with Gasteiger partial charge in [0.15, 0.2) is 0 Å². The molecule has 18 heavy (non-hydrogen) atoms. The van der Waals surface area contributed by atoms with Crippen molar-refractivity contribution >= 4 is 5.97 Å². The number of esters is 1. The summed E-state index contributed by atoms with van der Waals surface area (Å²) in [5.74, 6) is -0.0463. The van der Waals surface area contributed by atoms with Gasteiger partial charge in [-0.2, -0.15) is 0 Å². The van der Waals surface area contributed by atoms with Crippen molar-refractivity contribution in [1.82, 2.24) is 0 Å². The molecule has 0 saturated carbocycles. The Morgan fingerprint density at radius 2 is 1.56 bits per heavy atom. The van der Waals surface area contributed by atoms with Gasteiger partial charge in [-0.05, 0) is 19.3 Å². The first-order valence-corrected chi connectivity index (χ1v) is 7.12. The number of hydrogen-bond donors (Lipinski definition) is 0. The van der Waals surface area contributed by atoms with Gasteiger partial charge in [-0.3, -0.25) is 4.79 Å². The first-order chi connectivity index (χ1) is 8.81. The van der Waals surface area contributed by atoms with Crippen molar-refractivity contribution in [2.75, 3.05) is 33.0 Å². The van der Waals surface area contributed by atoms with Crippen LogP contribution < -0.4 is 0 Å². The van der Waals surface area contributed by atoms with Crippen molar-refractivity contribution in [3.63, 3.8) is 0 Å². The zero-order valence-electron chi connectivity index (χ0n) is 11.9. The standard InChI is InChI=1S/C10H22O2.C4H6O2/c1-3-5-7-11-9-10-12-8-6-4-2;5-4-2-1-3-6-4/h3-10H2,1-2H3;1-3H2. The Morgan fingerprint density at radius 1 is 1.00 bits per heavy atom. The topological polar surface area (TPSA) is 44.8 Å². The lowest BCUT2D eigenvalue weighted by atomic mass is 10.4. The Balaban J connectivity index is 0.000000397. The lowest BCUT2D eigenvalue weighted by molar-refractivity contribution is -0.137. The number of unbranched alkanes of at least 4 members (excludes halogenated alkanes) is 2. The number of ether oxygens (including phenoxy) is 3. The van der Waals surface area contributed by atoms with Crippen molar-refractivity contribution in [2.24, 2.45) is 0 Å². The van der Waals surface area contributed by atoms with Crippen LogP contribution in [0, 0.1) is 0 Å². The summed E-state index contributed by atoms with van der Waals surface area (Å²) < 4.78 is 15.2. The molecular weight excluding hydrogens is 232 g/mol. The Labute approximate surface area is 111 Å². The van der Waals surface area contributed by atoms with Gasteiger partial charge in [0.1, 0.15) is 0 Å². The van der Waals surface area contributed by atoms with Gasteiger partial charge >= 0.3 is 5.97 Å². The molecule has 1 rings (SSSR count). The molecule has 0 aromatic heterocycles. The molecule has 1 heterocycles. The van der Waals surface area contributed by atoms with Gasteiger partial charge in [-0.1, -0.05) is 26.7 Å². The number of carbonyl (C=O) groups is 1. The molecule has 1 fully saturated rings. The Morgan fingerprint density at radius 3 is 1.83 bits per heavy atom. The van der Waals surface area contributed by atoms with Crippen LogP contribution in [0.4, 0.5) is 0 Å². The average Bonchev–Trinajstić information content (AvgIpc) is 2.85. The summed E-state index contributed by atoms with van der Waals surface area (Å²) in [5, 5.41) is 0. The summed E-state index contributed by atoms with van der Waals surface area (Å²) in [6.45, 7) is 8.25. The van der Waals surface area contributed by atoms with Crippen molar-refractivity contribution in [3.8, 4) is 0 Å². The first-order valence-electron chi connectivity index (χ1n) is 7.12. The Kier molecular flexibility index (Phi) is 14.0. The van der Waals surface area contributed by atoms with E-state index in [1.54, 1.807) is 0 Å². The summed E-state index contributed by atoms with van der Waals surface area (Å²) in [7, 11) is 0. The van der Waals surface area contributed by atoms with Crippen molar-refractivity contribution in [1.29, 1.82) is 0 Å². The lowest BCUT2D eigenvalue weighted by Gasteiger charge is -2.03. The molecule has 0 aliphatic carbocycles. The zero-order valence-corrected chi connectivity index (χ0v) is 11.9. The van der Waals surface area contributed by atoms with Gasteiger partial charge in [0.2, 0.25) is 0 Å². The first kappa shape index (κ1) is 17.4. The van der Waals surface area contributed by atoms with Crippen LogP contribution in [0.5, 0.6) is 0 Å². The van der Waals surface area contributed by atoms with Crippen LogP contribution in [0.3, 0.4) is 0 Å². The van der Waals surface area contributed by atoms with E-state index in [1.807, 2.05) is 0 Å². The van der Waals surface area contributed by atoms with E-state index in [4.69, 9.17) is 9.47 Å². The fourth-order valence-corrected chi connectivity index (χ4v) is 1.29. The molecule has 0 aromatic rings. The molecule has 0 bridgehead atoms. The monoisotopic (exact) mass is 260 g/mol. The van der Waals surface area contributed by atoms with Gasteiger partial charge in [0.05, 0.1) is 19.8 Å². The quantitative estimate of drug-likeness (QED) is 0.472. The summed E-state index contributed by atoms with van der Waals surface area (Å²) >= 11 is 0. The molecule has 0 N–H and O–H groups in total. The van der Waals surface area contributed by atoms with Gasteiger partial charge in [-0.15, -0.1) is 0 Å². The van der Waals surface area contributed by atoms with E-state index in [0.29, 0.717) is 13.0 Å². The van der Waals surface area contributed by atoms with Gasteiger partial charge < -0.3 is 14.2 Å². The van der Waals surface area contributed by atoms with E-state index in [-0.39, 0.29) is 5.97 Å². The zero-order chi connectivity index (χ0) is 13.5. The second-order valence-electron chi connectivity index (χ2n) is 4.26. The lowest BCUT2D eigenvalue weighted by Crippen LogP contribution is -2.05. The van der Waals surface area contributed by atoms with Crippen molar-refractivity contribution in [2.45, 2.75) is 52.4 Å². The number of cyclic esters (lactones) is 1. The fraction of sp³-hybridized carbons (Fsp3) is 0.929. The van der Waals surface area contributed by atoms with Crippen LogP contribution in [0.15, 0.2) is 0 Å². The minimum atomic E-state index is -0.0463. The van der Waals surface area contributed by atoms with E-state index in [0.717, 1.165) is 45.7 Å². The molecule has 1 aliphatic heterocycles. The van der Waals surface area contributed by atoms with Crippen LogP contribution in [0.1, 0.15) is 52.4 Å². The summed E-state index contributed by atoms with van der Waals surface area (Å²) in [6, 6.07) is 0. The van der Waals surface area contributed by atoms with Gasteiger partial charge in [-0.25, -0.2) is 0 Å². The molecule has 0 aromatic carbocycles. The van der Waals surface area contributed by atoms with Crippen LogP contribution in [0.2, 0.25) is 0 Å². The highest BCUT2D eigenvalue weighted by atomic mass is 16.5. The average molecular weight is 260 g/mol. The largest absolute Gasteiger partial charge is 0.466 e. The molecule has 0 amide bonds. The normalized spacial score (nSPS) is 14.0. The van der Waals surface area contributed by atoms with Gasteiger partial charge in [0, 0.05) is 19.6 Å². The molecule has 0 unspecified atom stereocenters. The van der Waals surface area contributed by atoms with E-state index in [9.17, 15) is 4.79 Å². The maximum atomic E-state index is 10.0. The smallest absolute Gasteiger partial charge is 0.305 e. The Bertz CT molecular complexity index is 165. The second-order valence-corrected chi connectivity index (χ2v) is 4.26. The van der Waals surface area contributed by atoms with Crippen LogP contribution in [-0.2, 0) is 19.0 Å². The second kappa shape index (κ2) is 14.5. The van der Waals surface area contributed by atoms with Crippen molar-refractivity contribution in [3.05, 3.63) is 0 Å². The van der Waals surface area contributed by atoms with Gasteiger partial charge in [0.25, 0.3) is 0 Å². The summed E-state index contributed by atoms with van der Waals surface area (Å²) in [6.07, 6.45) is 6.27. The summed E-state index contributed by atoms with van der Waals surface area (Å²) in [4.78, 5) is 10.0. The maximum absolute atomic E-state index is 10.0. The van der Waals surface area contributed by atoms with E-state index < -0.39 is 0 Å². The summed E-state index contributed by atoms with van der Waals surface area (Å²) in [5.41, 5.74) is 0. The Hall–Kier alpha value is -0.610. The number of hydrogen-bond acceptors (Lipinski definition) is 4. The molecule has 0 radical (unpaired) electrons. The molecule has 108 valence electrons. The third kappa shape index (κ3) is 13.5. The van der Waals surface area contributed by atoms with Crippen LogP contribution in [-0.4, -0.2) is 39.0 Å². The maximum Gasteiger partial charge on any atom is 0.305 e. The van der Waals surface area contributed by atoms with E-state index >= 15 is 0 Å². The van der Waals surface area contributed by atoms with E-state index in [2.05, 4.69) is 18.6 Å². The highest BCUT2D eigenvalue weighted by molar-refractivity contribution is 5.70. The molecule has 1 saturated heterocycles. The molecule has 4 heteroatoms. The van der Waals surface area contributed by atoms with E-state index in [1.165, 1.54) is 12.8 Å². The molecule has 0 spiro atoms. The molecular formula is C14H28O4. The predicted molar refractivity (Wildman–Crippen MR) is 71.6 cm³/mol. The highest BCUT2D eigenvalue weighted by Gasteiger charge is 2.08. The minimum absolute atomic E-state index is 0.0463. The predicted octanol–water partition coefficient (Wildman–Crippen LogP) is 2.94. The third-order valence-corrected chi connectivity index (χ3v) is 2.44. The molecule has 4 nitrogen and oxygen atoms in total. The van der Waals surface area contributed by atoms with Crippen LogP contribution >= 0.6 is 0 Å². The molecule has 1 aliphatic rings. The SMILES string of the molecule is CCCCOCCOCCCC.O=C1CCCO1. The molecule has 0 atom stereocenters. The van der Waals surface area contributed by atoms with Crippen molar-refractivity contribution < 1.29 is 19.0 Å². The minimum Gasteiger partial charge on any atom is -0.466 e. The highest BCUT2D eigenvalue weighted by Crippen LogP contribution is 2.01. The van der Waals surface area contributed by atoms with Crippen LogP contribution in [0.25, 0.3) is 0 Å².